The topological polar surface area (TPSA) is 91.2 Å². The number of imidazole rings is 1. The van der Waals surface area contributed by atoms with E-state index in [0.717, 1.165) is 43.5 Å². The Morgan fingerprint density at radius 3 is 2.93 bits per heavy atom. The van der Waals surface area contributed by atoms with E-state index in [-0.39, 0.29) is 5.97 Å². The zero-order chi connectivity index (χ0) is 18.6. The predicted molar refractivity (Wildman–Crippen MR) is 100 cm³/mol. The molecule has 1 aromatic carbocycles. The second kappa shape index (κ2) is 7.71. The molecule has 1 fully saturated rings. The number of rotatable bonds is 5. The number of esters is 1. The highest BCUT2D eigenvalue weighted by Gasteiger charge is 2.16. The standard InChI is InChI=1S/C19H21N5O3/c1-13(25)27-15-2-3-17-16(10-15)18(21-11-14-4-8-26-9-5-14)23-19(22-17)24-7-6-20-12-24/h2-3,6-7,10,12,14H,4-5,8-9,11H2,1H3,(H,21,22,23). The van der Waals surface area contributed by atoms with Crippen molar-refractivity contribution in [1.29, 1.82) is 0 Å². The van der Waals surface area contributed by atoms with Crippen molar-refractivity contribution in [2.24, 2.45) is 5.92 Å². The Morgan fingerprint density at radius 2 is 2.19 bits per heavy atom. The van der Waals surface area contributed by atoms with E-state index in [0.29, 0.717) is 23.4 Å². The second-order valence-corrected chi connectivity index (χ2v) is 6.55. The third-order valence-electron chi connectivity index (χ3n) is 4.55. The fourth-order valence-corrected chi connectivity index (χ4v) is 3.14. The van der Waals surface area contributed by atoms with Crippen molar-refractivity contribution in [2.45, 2.75) is 19.8 Å². The first-order chi connectivity index (χ1) is 13.2. The van der Waals surface area contributed by atoms with Crippen LogP contribution in [0.15, 0.2) is 36.9 Å². The minimum atomic E-state index is -0.359. The van der Waals surface area contributed by atoms with Crippen LogP contribution in [0, 0.1) is 5.92 Å². The van der Waals surface area contributed by atoms with Gasteiger partial charge in [-0.2, -0.15) is 4.98 Å². The Balaban J connectivity index is 1.70. The summed E-state index contributed by atoms with van der Waals surface area (Å²) >= 11 is 0. The SMILES string of the molecule is CC(=O)Oc1ccc2nc(-n3ccnc3)nc(NCC3CCOCC3)c2c1. The fraction of sp³-hybridized carbons (Fsp3) is 0.368. The van der Waals surface area contributed by atoms with E-state index < -0.39 is 0 Å². The van der Waals surface area contributed by atoms with Gasteiger partial charge in [0.1, 0.15) is 17.9 Å². The van der Waals surface area contributed by atoms with Gasteiger partial charge < -0.3 is 14.8 Å². The van der Waals surface area contributed by atoms with Gasteiger partial charge in [0, 0.05) is 44.5 Å². The molecule has 0 radical (unpaired) electrons. The molecule has 1 N–H and O–H groups in total. The summed E-state index contributed by atoms with van der Waals surface area (Å²) in [6.07, 6.45) is 7.21. The van der Waals surface area contributed by atoms with E-state index in [1.54, 1.807) is 35.4 Å². The number of carbonyl (C=O) groups is 1. The van der Waals surface area contributed by atoms with E-state index in [1.165, 1.54) is 6.92 Å². The molecule has 1 aliphatic heterocycles. The van der Waals surface area contributed by atoms with Crippen LogP contribution in [0.3, 0.4) is 0 Å². The largest absolute Gasteiger partial charge is 0.427 e. The summed E-state index contributed by atoms with van der Waals surface area (Å²) in [5.74, 6) is 1.90. The fourth-order valence-electron chi connectivity index (χ4n) is 3.14. The van der Waals surface area contributed by atoms with Crippen molar-refractivity contribution in [1.82, 2.24) is 19.5 Å². The number of nitrogens with one attached hydrogen (secondary N) is 1. The highest BCUT2D eigenvalue weighted by Crippen LogP contribution is 2.27. The number of aromatic nitrogens is 4. The van der Waals surface area contributed by atoms with Crippen LogP contribution in [-0.2, 0) is 9.53 Å². The number of ether oxygens (including phenoxy) is 2. The molecule has 2 aromatic heterocycles. The molecule has 4 rings (SSSR count). The molecule has 140 valence electrons. The highest BCUT2D eigenvalue weighted by atomic mass is 16.5. The average Bonchev–Trinajstić information content (AvgIpc) is 3.21. The molecule has 0 atom stereocenters. The van der Waals surface area contributed by atoms with Gasteiger partial charge in [0.25, 0.3) is 0 Å². The van der Waals surface area contributed by atoms with Gasteiger partial charge in [0.15, 0.2) is 0 Å². The van der Waals surface area contributed by atoms with Crippen LogP contribution >= 0.6 is 0 Å². The van der Waals surface area contributed by atoms with Crippen LogP contribution in [-0.4, -0.2) is 45.2 Å². The Kier molecular flexibility index (Phi) is 4.97. The van der Waals surface area contributed by atoms with Gasteiger partial charge in [-0.3, -0.25) is 9.36 Å². The van der Waals surface area contributed by atoms with Crippen molar-refractivity contribution in [3.8, 4) is 11.7 Å². The molecule has 0 aliphatic carbocycles. The third kappa shape index (κ3) is 4.06. The molecule has 8 nitrogen and oxygen atoms in total. The lowest BCUT2D eigenvalue weighted by Gasteiger charge is -2.23. The molecule has 0 unspecified atom stereocenters. The van der Waals surface area contributed by atoms with Crippen molar-refractivity contribution in [2.75, 3.05) is 25.1 Å². The zero-order valence-electron chi connectivity index (χ0n) is 15.1. The maximum atomic E-state index is 11.3. The van der Waals surface area contributed by atoms with Crippen LogP contribution in [0.5, 0.6) is 5.75 Å². The molecule has 0 amide bonds. The first-order valence-corrected chi connectivity index (χ1v) is 8.99. The van der Waals surface area contributed by atoms with E-state index >= 15 is 0 Å². The first-order valence-electron chi connectivity index (χ1n) is 8.99. The van der Waals surface area contributed by atoms with E-state index in [9.17, 15) is 4.79 Å². The second-order valence-electron chi connectivity index (χ2n) is 6.55. The van der Waals surface area contributed by atoms with Gasteiger partial charge in [-0.1, -0.05) is 0 Å². The molecule has 8 heteroatoms. The minimum Gasteiger partial charge on any atom is -0.427 e. The van der Waals surface area contributed by atoms with E-state index in [2.05, 4.69) is 20.3 Å². The van der Waals surface area contributed by atoms with Crippen LogP contribution in [0.2, 0.25) is 0 Å². The van der Waals surface area contributed by atoms with Gasteiger partial charge >= 0.3 is 5.97 Å². The van der Waals surface area contributed by atoms with Crippen molar-refractivity contribution in [3.05, 3.63) is 36.9 Å². The Hall–Kier alpha value is -3.00. The predicted octanol–water partition coefficient (Wildman–Crippen LogP) is 2.58. The summed E-state index contributed by atoms with van der Waals surface area (Å²) < 4.78 is 12.4. The molecule has 0 spiro atoms. The van der Waals surface area contributed by atoms with Crippen LogP contribution in [0.25, 0.3) is 16.9 Å². The summed E-state index contributed by atoms with van der Waals surface area (Å²) in [4.78, 5) is 24.6. The molecular formula is C19H21N5O3. The highest BCUT2D eigenvalue weighted by molar-refractivity contribution is 5.91. The summed E-state index contributed by atoms with van der Waals surface area (Å²) in [5, 5.41) is 4.27. The number of nitrogens with zero attached hydrogens (tertiary/aromatic N) is 4. The van der Waals surface area contributed by atoms with Crippen LogP contribution in [0.4, 0.5) is 5.82 Å². The molecular weight excluding hydrogens is 346 g/mol. The summed E-state index contributed by atoms with van der Waals surface area (Å²) in [6.45, 7) is 3.78. The molecule has 1 saturated heterocycles. The summed E-state index contributed by atoms with van der Waals surface area (Å²) in [5.41, 5.74) is 0.763. The molecule has 3 aromatic rings. The number of hydrogen-bond donors (Lipinski definition) is 1. The zero-order valence-corrected chi connectivity index (χ0v) is 15.1. The lowest BCUT2D eigenvalue weighted by molar-refractivity contribution is -0.131. The maximum Gasteiger partial charge on any atom is 0.308 e. The summed E-state index contributed by atoms with van der Waals surface area (Å²) in [7, 11) is 0. The van der Waals surface area contributed by atoms with Crippen LogP contribution < -0.4 is 10.1 Å². The molecule has 0 bridgehead atoms. The Morgan fingerprint density at radius 1 is 1.33 bits per heavy atom. The molecule has 27 heavy (non-hydrogen) atoms. The molecule has 0 saturated carbocycles. The monoisotopic (exact) mass is 367 g/mol. The quantitative estimate of drug-likeness (QED) is 0.547. The minimum absolute atomic E-state index is 0.359. The number of anilines is 1. The van der Waals surface area contributed by atoms with Gasteiger partial charge in [0.2, 0.25) is 5.95 Å². The van der Waals surface area contributed by atoms with E-state index in [4.69, 9.17) is 9.47 Å². The molecule has 3 heterocycles. The lowest BCUT2D eigenvalue weighted by Crippen LogP contribution is -2.23. The number of fused-ring (bicyclic) bond motifs is 1. The smallest absolute Gasteiger partial charge is 0.308 e. The van der Waals surface area contributed by atoms with E-state index in [1.807, 2.05) is 6.07 Å². The Labute approximate surface area is 156 Å². The van der Waals surface area contributed by atoms with Crippen molar-refractivity contribution < 1.29 is 14.3 Å². The van der Waals surface area contributed by atoms with Gasteiger partial charge in [-0.25, -0.2) is 9.97 Å². The van der Waals surface area contributed by atoms with Gasteiger partial charge in [0.05, 0.1) is 5.52 Å². The first kappa shape index (κ1) is 17.4. The third-order valence-corrected chi connectivity index (χ3v) is 4.55. The number of benzene rings is 1. The van der Waals surface area contributed by atoms with Crippen molar-refractivity contribution in [3.63, 3.8) is 0 Å². The average molecular weight is 367 g/mol. The van der Waals surface area contributed by atoms with Gasteiger partial charge in [-0.15, -0.1) is 0 Å². The number of hydrogen-bond acceptors (Lipinski definition) is 7. The van der Waals surface area contributed by atoms with Gasteiger partial charge in [-0.05, 0) is 37.0 Å². The normalized spacial score (nSPS) is 15.0. The number of carbonyl (C=O) groups excluding carboxylic acids is 1. The summed E-state index contributed by atoms with van der Waals surface area (Å²) in [6, 6.07) is 5.35. The Bertz CT molecular complexity index is 936. The van der Waals surface area contributed by atoms with Crippen molar-refractivity contribution >= 4 is 22.7 Å². The maximum absolute atomic E-state index is 11.3. The lowest BCUT2D eigenvalue weighted by atomic mass is 10.0. The van der Waals surface area contributed by atoms with Crippen LogP contribution in [0.1, 0.15) is 19.8 Å². The molecule has 1 aliphatic rings.